The molecular weight excluding hydrogens is 532 g/mol. The minimum atomic E-state index is -4.09. The van der Waals surface area contributed by atoms with Crippen LogP contribution in [0, 0.1) is 13.8 Å². The summed E-state index contributed by atoms with van der Waals surface area (Å²) in [6.07, 6.45) is 1.69. The number of rotatable bonds is 6. The van der Waals surface area contributed by atoms with Gasteiger partial charge in [0.2, 0.25) is 0 Å². The molecule has 0 aromatic heterocycles. The van der Waals surface area contributed by atoms with Gasteiger partial charge in [-0.1, -0.05) is 59.7 Å². The van der Waals surface area contributed by atoms with E-state index in [1.807, 2.05) is 13.8 Å². The third-order valence-electron chi connectivity index (χ3n) is 6.55. The molecule has 0 bridgehead atoms. The number of hydrogen-bond donors (Lipinski definition) is 0. The van der Waals surface area contributed by atoms with E-state index >= 15 is 0 Å². The minimum Gasteiger partial charge on any atom is -0.497 e. The zero-order valence-corrected chi connectivity index (χ0v) is 23.4. The second-order valence-electron chi connectivity index (χ2n) is 9.30. The standard InChI is InChI=1S/C30H28N2O5S2/c1-22-8-16-27(17-9-22)38(33,34)31-21-25(20-24-12-14-26(37-3)15-13-24)32(30-7-5-4-6-29(30)31)39(35,36)28-18-10-23(2)11-19-28/h4-20H,21H2,1-3H3/b25-20+. The van der Waals surface area contributed by atoms with Gasteiger partial charge in [-0.25, -0.2) is 21.1 Å². The lowest BCUT2D eigenvalue weighted by Crippen LogP contribution is -2.44. The molecule has 1 aliphatic rings. The average Bonchev–Trinajstić information content (AvgIpc) is 2.93. The number of para-hydroxylation sites is 2. The van der Waals surface area contributed by atoms with Crippen LogP contribution < -0.4 is 13.3 Å². The second kappa shape index (κ2) is 10.2. The molecule has 1 aliphatic heterocycles. The summed E-state index contributed by atoms with van der Waals surface area (Å²) in [4.78, 5) is 0.236. The van der Waals surface area contributed by atoms with E-state index in [0.717, 1.165) is 11.1 Å². The number of fused-ring (bicyclic) bond motifs is 1. The summed E-state index contributed by atoms with van der Waals surface area (Å²) in [5, 5.41) is 0. The summed E-state index contributed by atoms with van der Waals surface area (Å²) in [6, 6.07) is 27.0. The van der Waals surface area contributed by atoms with Crippen molar-refractivity contribution in [2.45, 2.75) is 23.6 Å². The van der Waals surface area contributed by atoms with Crippen molar-refractivity contribution in [1.29, 1.82) is 0 Å². The van der Waals surface area contributed by atoms with Crippen molar-refractivity contribution in [2.75, 3.05) is 22.3 Å². The topological polar surface area (TPSA) is 84.0 Å². The van der Waals surface area contributed by atoms with Crippen molar-refractivity contribution in [2.24, 2.45) is 0 Å². The van der Waals surface area contributed by atoms with Crippen LogP contribution in [0.4, 0.5) is 11.4 Å². The van der Waals surface area contributed by atoms with Crippen molar-refractivity contribution in [3.8, 4) is 5.75 Å². The number of hydrogen-bond acceptors (Lipinski definition) is 5. The smallest absolute Gasteiger partial charge is 0.268 e. The maximum Gasteiger partial charge on any atom is 0.268 e. The van der Waals surface area contributed by atoms with Crippen molar-refractivity contribution < 1.29 is 21.6 Å². The van der Waals surface area contributed by atoms with Crippen LogP contribution in [0.25, 0.3) is 6.08 Å². The first-order valence-corrected chi connectivity index (χ1v) is 15.1. The van der Waals surface area contributed by atoms with Crippen LogP contribution in [0.1, 0.15) is 16.7 Å². The summed E-state index contributed by atoms with van der Waals surface area (Å²) in [5.74, 6) is 0.652. The molecule has 7 nitrogen and oxygen atoms in total. The largest absolute Gasteiger partial charge is 0.497 e. The molecule has 0 aliphatic carbocycles. The van der Waals surface area contributed by atoms with E-state index in [4.69, 9.17) is 4.74 Å². The number of nitrogens with zero attached hydrogens (tertiary/aromatic N) is 2. The Morgan fingerprint density at radius 3 is 1.72 bits per heavy atom. The highest BCUT2D eigenvalue weighted by Gasteiger charge is 2.39. The van der Waals surface area contributed by atoms with Gasteiger partial charge in [-0.2, -0.15) is 0 Å². The van der Waals surface area contributed by atoms with Crippen LogP contribution in [0.2, 0.25) is 0 Å². The van der Waals surface area contributed by atoms with E-state index in [1.165, 1.54) is 8.61 Å². The molecule has 5 rings (SSSR count). The van der Waals surface area contributed by atoms with Crippen molar-refractivity contribution in [3.05, 3.63) is 119 Å². The van der Waals surface area contributed by atoms with Gasteiger partial charge < -0.3 is 4.74 Å². The number of aryl methyl sites for hydroxylation is 2. The fraction of sp³-hybridized carbons (Fsp3) is 0.133. The van der Waals surface area contributed by atoms with E-state index < -0.39 is 20.0 Å². The Bertz CT molecular complexity index is 1750. The molecular formula is C30H28N2O5S2. The second-order valence-corrected chi connectivity index (χ2v) is 13.0. The van der Waals surface area contributed by atoms with Gasteiger partial charge in [-0.05, 0) is 74.0 Å². The first-order valence-electron chi connectivity index (χ1n) is 12.3. The number of sulfonamides is 2. The molecule has 0 saturated carbocycles. The van der Waals surface area contributed by atoms with Crippen LogP contribution in [0.3, 0.4) is 0 Å². The number of ether oxygens (including phenoxy) is 1. The molecule has 0 radical (unpaired) electrons. The highest BCUT2D eigenvalue weighted by Crippen LogP contribution is 2.43. The van der Waals surface area contributed by atoms with Gasteiger partial charge in [0.1, 0.15) is 5.75 Å². The summed E-state index contributed by atoms with van der Waals surface area (Å²) < 4.78 is 63.9. The molecule has 0 fully saturated rings. The SMILES string of the molecule is COc1ccc(/C=C2\CN(S(=O)(=O)c3ccc(C)cc3)c3ccccc3N2S(=O)(=O)c2ccc(C)cc2)cc1. The highest BCUT2D eigenvalue weighted by atomic mass is 32.2. The van der Waals surface area contributed by atoms with E-state index in [2.05, 4.69) is 0 Å². The Kier molecular flexibility index (Phi) is 6.96. The van der Waals surface area contributed by atoms with E-state index in [0.29, 0.717) is 11.3 Å². The first-order chi connectivity index (χ1) is 18.6. The molecule has 200 valence electrons. The zero-order valence-electron chi connectivity index (χ0n) is 21.8. The number of methoxy groups -OCH3 is 1. The molecule has 0 unspecified atom stereocenters. The lowest BCUT2D eigenvalue weighted by Gasteiger charge is -2.39. The maximum atomic E-state index is 14.1. The minimum absolute atomic E-state index is 0.110. The van der Waals surface area contributed by atoms with Crippen LogP contribution in [-0.4, -0.2) is 30.5 Å². The van der Waals surface area contributed by atoms with E-state index in [-0.39, 0.29) is 33.4 Å². The summed E-state index contributed by atoms with van der Waals surface area (Å²) in [6.45, 7) is 3.58. The van der Waals surface area contributed by atoms with Gasteiger partial charge in [-0.3, -0.25) is 4.31 Å². The lowest BCUT2D eigenvalue weighted by molar-refractivity contribution is 0.415. The maximum absolute atomic E-state index is 14.1. The summed E-state index contributed by atoms with van der Waals surface area (Å²) >= 11 is 0. The molecule has 4 aromatic carbocycles. The molecule has 39 heavy (non-hydrogen) atoms. The predicted octanol–water partition coefficient (Wildman–Crippen LogP) is 5.76. The monoisotopic (exact) mass is 560 g/mol. The number of benzene rings is 4. The van der Waals surface area contributed by atoms with Crippen LogP contribution in [-0.2, 0) is 20.0 Å². The van der Waals surface area contributed by atoms with Gasteiger partial charge in [0.25, 0.3) is 20.0 Å². The van der Waals surface area contributed by atoms with E-state index in [1.54, 1.807) is 110 Å². The number of anilines is 2. The van der Waals surface area contributed by atoms with Crippen molar-refractivity contribution in [3.63, 3.8) is 0 Å². The van der Waals surface area contributed by atoms with Gasteiger partial charge >= 0.3 is 0 Å². The average molecular weight is 561 g/mol. The Morgan fingerprint density at radius 2 is 1.18 bits per heavy atom. The summed E-state index contributed by atoms with van der Waals surface area (Å²) in [5.41, 5.74) is 3.37. The molecule has 0 spiro atoms. The molecule has 0 N–H and O–H groups in total. The van der Waals surface area contributed by atoms with E-state index in [9.17, 15) is 16.8 Å². The molecule has 0 saturated heterocycles. The lowest BCUT2D eigenvalue weighted by atomic mass is 10.1. The van der Waals surface area contributed by atoms with Crippen LogP contribution in [0.15, 0.2) is 113 Å². The fourth-order valence-electron chi connectivity index (χ4n) is 4.45. The normalized spacial score (nSPS) is 14.8. The first kappa shape index (κ1) is 26.5. The van der Waals surface area contributed by atoms with Gasteiger partial charge in [0.15, 0.2) is 0 Å². The molecule has 0 atom stereocenters. The molecule has 0 amide bonds. The highest BCUT2D eigenvalue weighted by molar-refractivity contribution is 7.93. The zero-order chi connectivity index (χ0) is 27.8. The molecule has 1 heterocycles. The Morgan fingerprint density at radius 1 is 0.667 bits per heavy atom. The molecule has 9 heteroatoms. The Labute approximate surface area is 229 Å². The summed E-state index contributed by atoms with van der Waals surface area (Å²) in [7, 11) is -6.55. The van der Waals surface area contributed by atoms with Gasteiger partial charge in [-0.15, -0.1) is 0 Å². The van der Waals surface area contributed by atoms with Crippen molar-refractivity contribution in [1.82, 2.24) is 0 Å². The Hall–Kier alpha value is -4.08. The predicted molar refractivity (Wildman–Crippen MR) is 154 cm³/mol. The molecule has 4 aromatic rings. The quantitative estimate of drug-likeness (QED) is 0.300. The third-order valence-corrected chi connectivity index (χ3v) is 10.1. The van der Waals surface area contributed by atoms with Crippen molar-refractivity contribution >= 4 is 37.5 Å². The van der Waals surface area contributed by atoms with Crippen LogP contribution in [0.5, 0.6) is 5.75 Å². The van der Waals surface area contributed by atoms with Gasteiger partial charge in [0.05, 0.1) is 40.5 Å². The third kappa shape index (κ3) is 5.03. The van der Waals surface area contributed by atoms with Crippen LogP contribution >= 0.6 is 0 Å². The Balaban J connectivity index is 1.73. The van der Waals surface area contributed by atoms with Gasteiger partial charge in [0, 0.05) is 0 Å². The fourth-order valence-corrected chi connectivity index (χ4v) is 7.42.